The van der Waals surface area contributed by atoms with Gasteiger partial charge in [-0.05, 0) is 67.9 Å². The Balaban J connectivity index is 1.88. The van der Waals surface area contributed by atoms with Crippen molar-refractivity contribution in [3.63, 3.8) is 0 Å². The Hall–Kier alpha value is -3.77. The number of amides is 1. The molecule has 6 nitrogen and oxygen atoms in total. The molecule has 1 aliphatic heterocycles. The van der Waals surface area contributed by atoms with Crippen molar-refractivity contribution in [2.45, 2.75) is 19.9 Å². The minimum Gasteiger partial charge on any atom is -0.508 e. The van der Waals surface area contributed by atoms with Gasteiger partial charge in [0.05, 0.1) is 11.6 Å². The van der Waals surface area contributed by atoms with Gasteiger partial charge in [-0.15, -0.1) is 0 Å². The molecule has 4 rings (SSSR count). The number of phenolic OH excluding ortho intramolecular Hbond substituents is 1. The molecule has 174 valence electrons. The minimum absolute atomic E-state index is 0.0114. The van der Waals surface area contributed by atoms with Crippen molar-refractivity contribution in [1.29, 1.82) is 0 Å². The number of aromatic hydroxyl groups is 1. The highest BCUT2D eigenvalue weighted by atomic mass is 35.5. The van der Waals surface area contributed by atoms with Crippen LogP contribution in [-0.2, 0) is 9.59 Å². The van der Waals surface area contributed by atoms with E-state index in [2.05, 4.69) is 18.7 Å². The van der Waals surface area contributed by atoms with Gasteiger partial charge in [-0.3, -0.25) is 14.5 Å². The van der Waals surface area contributed by atoms with E-state index in [1.54, 1.807) is 42.5 Å². The topological polar surface area (TPSA) is 81.1 Å². The summed E-state index contributed by atoms with van der Waals surface area (Å²) in [4.78, 5) is 30.0. The molecule has 0 aromatic heterocycles. The molecule has 1 heterocycles. The fourth-order valence-corrected chi connectivity index (χ4v) is 4.50. The first-order valence-electron chi connectivity index (χ1n) is 11.1. The molecular weight excluding hydrogens is 452 g/mol. The third-order valence-electron chi connectivity index (χ3n) is 5.98. The van der Waals surface area contributed by atoms with Gasteiger partial charge in [0.25, 0.3) is 11.7 Å². The molecule has 2 N–H and O–H groups in total. The number of hydrogen-bond donors (Lipinski definition) is 2. The van der Waals surface area contributed by atoms with Gasteiger partial charge in [-0.2, -0.15) is 0 Å². The zero-order chi connectivity index (χ0) is 24.4. The van der Waals surface area contributed by atoms with Gasteiger partial charge in [0.2, 0.25) is 0 Å². The second kappa shape index (κ2) is 9.61. The van der Waals surface area contributed by atoms with Crippen LogP contribution in [0, 0.1) is 0 Å². The van der Waals surface area contributed by atoms with Crippen LogP contribution >= 0.6 is 11.6 Å². The Labute approximate surface area is 203 Å². The van der Waals surface area contributed by atoms with Crippen molar-refractivity contribution in [3.05, 3.63) is 94.5 Å². The van der Waals surface area contributed by atoms with E-state index in [0.717, 1.165) is 18.8 Å². The number of rotatable bonds is 6. The van der Waals surface area contributed by atoms with Gasteiger partial charge in [-0.1, -0.05) is 35.9 Å². The Kier molecular flexibility index (Phi) is 6.61. The van der Waals surface area contributed by atoms with Crippen molar-refractivity contribution in [2.24, 2.45) is 0 Å². The molecule has 34 heavy (non-hydrogen) atoms. The highest BCUT2D eigenvalue weighted by Crippen LogP contribution is 2.43. The van der Waals surface area contributed by atoms with Gasteiger partial charge in [0, 0.05) is 35.1 Å². The van der Waals surface area contributed by atoms with Crippen LogP contribution in [0.25, 0.3) is 5.76 Å². The number of anilines is 2. The van der Waals surface area contributed by atoms with E-state index >= 15 is 0 Å². The molecule has 1 amide bonds. The first kappa shape index (κ1) is 23.4. The third-order valence-corrected chi connectivity index (χ3v) is 6.22. The lowest BCUT2D eigenvalue weighted by Crippen LogP contribution is -2.29. The molecule has 3 aromatic carbocycles. The number of carbonyl (C=O) groups excluding carboxylic acids is 2. The van der Waals surface area contributed by atoms with Crippen LogP contribution in [-0.4, -0.2) is 35.0 Å². The summed E-state index contributed by atoms with van der Waals surface area (Å²) in [6.07, 6.45) is 0. The SMILES string of the molecule is CCN(CC)c1ccc(N2C(=O)C(=O)/C(=C(\O)c3cccc(Cl)c3)C2c2cccc(O)c2)cc1. The normalized spacial score (nSPS) is 17.3. The fourth-order valence-electron chi connectivity index (χ4n) is 4.31. The van der Waals surface area contributed by atoms with E-state index in [4.69, 9.17) is 11.6 Å². The lowest BCUT2D eigenvalue weighted by atomic mass is 9.95. The summed E-state index contributed by atoms with van der Waals surface area (Å²) in [5.74, 6) is -1.90. The minimum atomic E-state index is -0.926. The molecule has 1 saturated heterocycles. The van der Waals surface area contributed by atoms with E-state index in [1.807, 2.05) is 12.1 Å². The molecule has 1 unspecified atom stereocenters. The second-order valence-electron chi connectivity index (χ2n) is 7.96. The third kappa shape index (κ3) is 4.24. The van der Waals surface area contributed by atoms with Gasteiger partial charge in [0.1, 0.15) is 11.5 Å². The van der Waals surface area contributed by atoms with E-state index in [0.29, 0.717) is 21.8 Å². The number of benzene rings is 3. The summed E-state index contributed by atoms with van der Waals surface area (Å²) in [5.41, 5.74) is 2.27. The van der Waals surface area contributed by atoms with Crippen LogP contribution < -0.4 is 9.80 Å². The first-order valence-corrected chi connectivity index (χ1v) is 11.4. The molecule has 1 fully saturated rings. The van der Waals surface area contributed by atoms with Crippen molar-refractivity contribution >= 4 is 40.4 Å². The Bertz CT molecular complexity index is 1270. The smallest absolute Gasteiger partial charge is 0.300 e. The van der Waals surface area contributed by atoms with Crippen molar-refractivity contribution in [1.82, 2.24) is 0 Å². The highest BCUT2D eigenvalue weighted by molar-refractivity contribution is 6.51. The fraction of sp³-hybridized carbons (Fsp3) is 0.185. The molecule has 0 saturated carbocycles. The number of halogens is 1. The number of phenols is 1. The number of nitrogens with zero attached hydrogens (tertiary/aromatic N) is 2. The predicted octanol–water partition coefficient (Wildman–Crippen LogP) is 5.52. The van der Waals surface area contributed by atoms with E-state index in [1.165, 1.54) is 23.1 Å². The van der Waals surface area contributed by atoms with Gasteiger partial charge >= 0.3 is 0 Å². The van der Waals surface area contributed by atoms with Crippen LogP contribution in [0.4, 0.5) is 11.4 Å². The molecule has 0 aliphatic carbocycles. The average molecular weight is 477 g/mol. The maximum absolute atomic E-state index is 13.3. The summed E-state index contributed by atoms with van der Waals surface area (Å²) in [5, 5.41) is 21.6. The van der Waals surface area contributed by atoms with Gasteiger partial charge in [-0.25, -0.2) is 0 Å². The van der Waals surface area contributed by atoms with Crippen LogP contribution in [0.2, 0.25) is 5.02 Å². The Morgan fingerprint density at radius 2 is 1.65 bits per heavy atom. The lowest BCUT2D eigenvalue weighted by molar-refractivity contribution is -0.132. The molecule has 0 spiro atoms. The molecule has 1 aliphatic rings. The zero-order valence-electron chi connectivity index (χ0n) is 18.9. The summed E-state index contributed by atoms with van der Waals surface area (Å²) < 4.78 is 0. The molecule has 7 heteroatoms. The number of aliphatic hydroxyl groups is 1. The second-order valence-corrected chi connectivity index (χ2v) is 8.40. The van der Waals surface area contributed by atoms with Gasteiger partial charge in [0.15, 0.2) is 0 Å². The standard InChI is InChI=1S/C27H25ClN2O4/c1-3-29(4-2)20-11-13-21(14-12-20)30-24(17-7-6-10-22(31)16-17)23(26(33)27(30)34)25(32)18-8-5-9-19(28)15-18/h5-16,24,31-32H,3-4H2,1-2H3/b25-23-. The molecule has 0 bridgehead atoms. The van der Waals surface area contributed by atoms with Gasteiger partial charge < -0.3 is 15.1 Å². The van der Waals surface area contributed by atoms with Crippen molar-refractivity contribution in [2.75, 3.05) is 22.9 Å². The van der Waals surface area contributed by atoms with E-state index in [-0.39, 0.29) is 17.1 Å². The number of hydrogen-bond acceptors (Lipinski definition) is 5. The number of Topliss-reactive ketones (excluding diaryl/α,β-unsaturated/α-hetero) is 1. The monoisotopic (exact) mass is 476 g/mol. The van der Waals surface area contributed by atoms with Crippen LogP contribution in [0.15, 0.2) is 78.4 Å². The number of aliphatic hydroxyl groups excluding tert-OH is 1. The van der Waals surface area contributed by atoms with Crippen LogP contribution in [0.3, 0.4) is 0 Å². The zero-order valence-corrected chi connectivity index (χ0v) is 19.7. The molecule has 3 aromatic rings. The van der Waals surface area contributed by atoms with Crippen molar-refractivity contribution < 1.29 is 19.8 Å². The number of ketones is 1. The first-order chi connectivity index (χ1) is 16.3. The average Bonchev–Trinajstić information content (AvgIpc) is 3.10. The van der Waals surface area contributed by atoms with Crippen molar-refractivity contribution in [3.8, 4) is 5.75 Å². The highest BCUT2D eigenvalue weighted by Gasteiger charge is 2.47. The summed E-state index contributed by atoms with van der Waals surface area (Å²) >= 11 is 6.09. The summed E-state index contributed by atoms with van der Waals surface area (Å²) in [6, 6.07) is 19.2. The quantitative estimate of drug-likeness (QED) is 0.278. The Morgan fingerprint density at radius 1 is 0.971 bits per heavy atom. The predicted molar refractivity (Wildman–Crippen MR) is 134 cm³/mol. The lowest BCUT2D eigenvalue weighted by Gasteiger charge is -2.27. The maximum atomic E-state index is 13.3. The maximum Gasteiger partial charge on any atom is 0.300 e. The molecular formula is C27H25ClN2O4. The van der Waals surface area contributed by atoms with E-state index in [9.17, 15) is 19.8 Å². The molecule has 0 radical (unpaired) electrons. The molecule has 1 atom stereocenters. The van der Waals surface area contributed by atoms with Crippen LogP contribution in [0.1, 0.15) is 31.0 Å². The van der Waals surface area contributed by atoms with E-state index < -0.39 is 17.7 Å². The largest absolute Gasteiger partial charge is 0.508 e. The Morgan fingerprint density at radius 3 is 2.26 bits per heavy atom. The van der Waals surface area contributed by atoms with Crippen LogP contribution in [0.5, 0.6) is 5.75 Å². The summed E-state index contributed by atoms with van der Waals surface area (Å²) in [6.45, 7) is 5.80. The summed E-state index contributed by atoms with van der Waals surface area (Å²) in [7, 11) is 0. The number of carbonyl (C=O) groups is 2.